The van der Waals surface area contributed by atoms with Crippen molar-refractivity contribution in [3.63, 3.8) is 0 Å². The number of nitrogens with two attached hydrogens (primary N) is 1. The molecule has 0 bridgehead atoms. The summed E-state index contributed by atoms with van der Waals surface area (Å²) < 4.78 is 5.08. The minimum Gasteiger partial charge on any atom is -0.504 e. The van der Waals surface area contributed by atoms with E-state index < -0.39 is 0 Å². The van der Waals surface area contributed by atoms with Gasteiger partial charge in [-0.3, -0.25) is 4.84 Å². The average Bonchev–Trinajstić information content (AvgIpc) is 2.21. The van der Waals surface area contributed by atoms with Gasteiger partial charge in [-0.15, -0.1) is 0 Å². The molecule has 0 saturated carbocycles. The summed E-state index contributed by atoms with van der Waals surface area (Å²) >= 11 is 0. The Labute approximate surface area is 89.6 Å². The standard InChI is InChI=1S/C11H17NO3/c1-7(2)8-4-9(6-15-12)11(13)10(5-8)14-3/h4-5,7,13H,6,12H2,1-3H3. The molecule has 0 unspecified atom stereocenters. The number of benzene rings is 1. The van der Waals surface area contributed by atoms with Gasteiger partial charge < -0.3 is 9.84 Å². The fraction of sp³-hybridized carbons (Fsp3) is 0.455. The molecule has 0 atom stereocenters. The lowest BCUT2D eigenvalue weighted by molar-refractivity contribution is 0.121. The van der Waals surface area contributed by atoms with Gasteiger partial charge >= 0.3 is 0 Å². The van der Waals surface area contributed by atoms with Crippen LogP contribution < -0.4 is 10.6 Å². The zero-order valence-electron chi connectivity index (χ0n) is 9.28. The first-order valence-corrected chi connectivity index (χ1v) is 4.81. The molecule has 0 fully saturated rings. The van der Waals surface area contributed by atoms with Crippen LogP contribution in [0.3, 0.4) is 0 Å². The van der Waals surface area contributed by atoms with Crippen LogP contribution in [0, 0.1) is 0 Å². The molecule has 0 aliphatic rings. The molecule has 15 heavy (non-hydrogen) atoms. The molecule has 4 heteroatoms. The van der Waals surface area contributed by atoms with Crippen LogP contribution in [0.4, 0.5) is 0 Å². The Bertz CT molecular complexity index is 337. The fourth-order valence-electron chi connectivity index (χ4n) is 1.38. The van der Waals surface area contributed by atoms with E-state index in [2.05, 4.69) is 18.7 Å². The Balaban J connectivity index is 3.19. The molecule has 0 saturated heterocycles. The topological polar surface area (TPSA) is 64.7 Å². The molecular formula is C11H17NO3. The predicted molar refractivity (Wildman–Crippen MR) is 57.7 cm³/mol. The normalized spacial score (nSPS) is 10.7. The Morgan fingerprint density at radius 1 is 1.40 bits per heavy atom. The van der Waals surface area contributed by atoms with Gasteiger partial charge in [0.25, 0.3) is 0 Å². The first-order valence-electron chi connectivity index (χ1n) is 4.81. The van der Waals surface area contributed by atoms with Crippen LogP contribution in [0.1, 0.15) is 30.9 Å². The molecule has 0 aliphatic carbocycles. The van der Waals surface area contributed by atoms with Gasteiger partial charge in [0, 0.05) is 5.56 Å². The lowest BCUT2D eigenvalue weighted by atomic mass is 10.00. The van der Waals surface area contributed by atoms with Gasteiger partial charge in [-0.2, -0.15) is 0 Å². The molecule has 1 aromatic rings. The highest BCUT2D eigenvalue weighted by Gasteiger charge is 2.12. The molecule has 0 spiro atoms. The zero-order chi connectivity index (χ0) is 11.4. The van der Waals surface area contributed by atoms with Crippen molar-refractivity contribution in [2.75, 3.05) is 7.11 Å². The molecule has 0 amide bonds. The van der Waals surface area contributed by atoms with Crippen LogP contribution in [0.25, 0.3) is 0 Å². The van der Waals surface area contributed by atoms with E-state index in [0.29, 0.717) is 17.2 Å². The number of methoxy groups -OCH3 is 1. The van der Waals surface area contributed by atoms with E-state index in [0.717, 1.165) is 5.56 Å². The van der Waals surface area contributed by atoms with Gasteiger partial charge in [0.2, 0.25) is 0 Å². The van der Waals surface area contributed by atoms with Crippen molar-refractivity contribution in [3.05, 3.63) is 23.3 Å². The molecular weight excluding hydrogens is 194 g/mol. The van der Waals surface area contributed by atoms with E-state index in [1.165, 1.54) is 7.11 Å². The summed E-state index contributed by atoms with van der Waals surface area (Å²) in [4.78, 5) is 4.53. The fourth-order valence-corrected chi connectivity index (χ4v) is 1.38. The molecule has 84 valence electrons. The minimum absolute atomic E-state index is 0.0901. The number of phenols is 1. The summed E-state index contributed by atoms with van der Waals surface area (Å²) in [7, 11) is 1.52. The highest BCUT2D eigenvalue weighted by Crippen LogP contribution is 2.34. The summed E-state index contributed by atoms with van der Waals surface area (Å²) in [5, 5.41) is 9.77. The third-order valence-electron chi connectivity index (χ3n) is 2.30. The highest BCUT2D eigenvalue weighted by molar-refractivity contribution is 5.48. The second kappa shape index (κ2) is 5.00. The third-order valence-corrected chi connectivity index (χ3v) is 2.30. The summed E-state index contributed by atoms with van der Waals surface area (Å²) in [5.74, 6) is 5.89. The van der Waals surface area contributed by atoms with E-state index in [1.807, 2.05) is 12.1 Å². The van der Waals surface area contributed by atoms with E-state index in [9.17, 15) is 5.11 Å². The number of rotatable bonds is 4. The van der Waals surface area contributed by atoms with E-state index in [4.69, 9.17) is 10.6 Å². The Hall–Kier alpha value is -1.26. The van der Waals surface area contributed by atoms with E-state index in [-0.39, 0.29) is 12.4 Å². The Kier molecular flexibility index (Phi) is 3.94. The number of hydrogen-bond acceptors (Lipinski definition) is 4. The summed E-state index contributed by atoms with van der Waals surface area (Å²) in [6.07, 6.45) is 0. The average molecular weight is 211 g/mol. The maximum Gasteiger partial charge on any atom is 0.163 e. The number of hydrogen-bond donors (Lipinski definition) is 2. The molecule has 0 radical (unpaired) electrons. The van der Waals surface area contributed by atoms with Gasteiger partial charge in [-0.25, -0.2) is 5.90 Å². The molecule has 1 rings (SSSR count). The molecule has 3 N–H and O–H groups in total. The van der Waals surface area contributed by atoms with Gasteiger partial charge in [-0.1, -0.05) is 13.8 Å². The zero-order valence-corrected chi connectivity index (χ0v) is 9.28. The predicted octanol–water partition coefficient (Wildman–Crippen LogP) is 1.91. The van der Waals surface area contributed by atoms with Crippen LogP contribution in [0.2, 0.25) is 0 Å². The quantitative estimate of drug-likeness (QED) is 0.747. The van der Waals surface area contributed by atoms with Gasteiger partial charge in [0.15, 0.2) is 11.5 Å². The first kappa shape index (κ1) is 11.8. The SMILES string of the molecule is COc1cc(C(C)C)cc(CON)c1O. The van der Waals surface area contributed by atoms with E-state index in [1.54, 1.807) is 0 Å². The largest absolute Gasteiger partial charge is 0.504 e. The number of aromatic hydroxyl groups is 1. The third kappa shape index (κ3) is 2.61. The number of ether oxygens (including phenoxy) is 1. The van der Waals surface area contributed by atoms with Crippen molar-refractivity contribution in [3.8, 4) is 11.5 Å². The summed E-state index contributed by atoms with van der Waals surface area (Å²) in [6, 6.07) is 3.69. The molecule has 0 aliphatic heterocycles. The van der Waals surface area contributed by atoms with Crippen LogP contribution in [0.5, 0.6) is 11.5 Å². The first-order chi connectivity index (χ1) is 7.10. The molecule has 0 aromatic heterocycles. The van der Waals surface area contributed by atoms with Gasteiger partial charge in [-0.05, 0) is 23.6 Å². The summed E-state index contributed by atoms with van der Waals surface area (Å²) in [5.41, 5.74) is 1.72. The van der Waals surface area contributed by atoms with Crippen molar-refractivity contribution in [1.29, 1.82) is 0 Å². The van der Waals surface area contributed by atoms with Crippen LogP contribution in [0.15, 0.2) is 12.1 Å². The van der Waals surface area contributed by atoms with E-state index >= 15 is 0 Å². The summed E-state index contributed by atoms with van der Waals surface area (Å²) in [6.45, 7) is 4.31. The highest BCUT2D eigenvalue weighted by atomic mass is 16.6. The van der Waals surface area contributed by atoms with Crippen molar-refractivity contribution in [1.82, 2.24) is 0 Å². The van der Waals surface area contributed by atoms with Gasteiger partial charge in [0.1, 0.15) is 0 Å². The maximum atomic E-state index is 9.77. The van der Waals surface area contributed by atoms with Crippen molar-refractivity contribution in [2.24, 2.45) is 5.90 Å². The molecule has 1 aromatic carbocycles. The van der Waals surface area contributed by atoms with Crippen LogP contribution >= 0.6 is 0 Å². The van der Waals surface area contributed by atoms with Crippen LogP contribution in [-0.4, -0.2) is 12.2 Å². The lowest BCUT2D eigenvalue weighted by Gasteiger charge is -2.13. The maximum absolute atomic E-state index is 9.77. The molecule has 0 heterocycles. The Morgan fingerprint density at radius 2 is 2.07 bits per heavy atom. The smallest absolute Gasteiger partial charge is 0.163 e. The second-order valence-electron chi connectivity index (χ2n) is 3.70. The lowest BCUT2D eigenvalue weighted by Crippen LogP contribution is -2.01. The minimum atomic E-state index is 0.0901. The van der Waals surface area contributed by atoms with Crippen molar-refractivity contribution in [2.45, 2.75) is 26.4 Å². The molecule has 4 nitrogen and oxygen atoms in total. The Morgan fingerprint density at radius 3 is 2.53 bits per heavy atom. The van der Waals surface area contributed by atoms with Crippen molar-refractivity contribution < 1.29 is 14.7 Å². The van der Waals surface area contributed by atoms with Crippen molar-refractivity contribution >= 4 is 0 Å². The monoisotopic (exact) mass is 211 g/mol. The number of phenolic OH excluding ortho intramolecular Hbond substituents is 1. The van der Waals surface area contributed by atoms with Crippen LogP contribution in [-0.2, 0) is 11.4 Å². The second-order valence-corrected chi connectivity index (χ2v) is 3.70. The van der Waals surface area contributed by atoms with Gasteiger partial charge in [0.05, 0.1) is 13.7 Å².